The zero-order chi connectivity index (χ0) is 16.9. The van der Waals surface area contributed by atoms with Crippen molar-refractivity contribution in [2.45, 2.75) is 19.4 Å². The molecule has 1 saturated heterocycles. The number of carbonyl (C=O) groups is 2. The molecule has 3 rings (SSSR count). The molecule has 1 fully saturated rings. The molecule has 3 amide bonds. The molecular formula is C16H20N6O2. The molecular weight excluding hydrogens is 308 g/mol. The quantitative estimate of drug-likeness (QED) is 0.860. The van der Waals surface area contributed by atoms with Gasteiger partial charge in [0.25, 0.3) is 0 Å². The largest absolute Gasteiger partial charge is 0.352 e. The summed E-state index contributed by atoms with van der Waals surface area (Å²) in [6.07, 6.45) is 6.74. The van der Waals surface area contributed by atoms with Gasteiger partial charge < -0.3 is 16.0 Å². The third kappa shape index (κ3) is 3.70. The molecule has 3 N–H and O–H groups in total. The second-order valence-corrected chi connectivity index (χ2v) is 5.81. The first-order chi connectivity index (χ1) is 11.6. The van der Waals surface area contributed by atoms with Gasteiger partial charge in [-0.05, 0) is 36.6 Å². The second kappa shape index (κ2) is 7.12. The van der Waals surface area contributed by atoms with Crippen molar-refractivity contribution in [3.8, 4) is 5.82 Å². The summed E-state index contributed by atoms with van der Waals surface area (Å²) in [6, 6.07) is 5.09. The Kier molecular flexibility index (Phi) is 4.74. The molecule has 24 heavy (non-hydrogen) atoms. The first kappa shape index (κ1) is 16.0. The molecule has 8 heteroatoms. The molecule has 2 aromatic heterocycles. The predicted molar refractivity (Wildman–Crippen MR) is 87.1 cm³/mol. The topological polar surface area (TPSA) is 106 Å². The Morgan fingerprint density at radius 2 is 2.25 bits per heavy atom. The standard InChI is InChI=1S/C16H20N6O2/c17-16(24)21-7-1-3-13(11-21)15(23)19-10-12-4-6-18-14(9-12)22-8-2-5-20-22/h2,4-6,8-9,13H,1,3,7,10-11H2,(H2,17,24)(H,19,23)/t13-/m1/s1. The number of nitrogens with zero attached hydrogens (tertiary/aromatic N) is 4. The summed E-state index contributed by atoms with van der Waals surface area (Å²) in [5.74, 6) is 0.432. The molecule has 0 unspecified atom stereocenters. The average Bonchev–Trinajstić information content (AvgIpc) is 3.15. The van der Waals surface area contributed by atoms with Crippen molar-refractivity contribution in [1.82, 2.24) is 25.0 Å². The summed E-state index contributed by atoms with van der Waals surface area (Å²) in [5, 5.41) is 7.06. The lowest BCUT2D eigenvalue weighted by molar-refractivity contribution is -0.126. The number of aromatic nitrogens is 3. The van der Waals surface area contributed by atoms with Crippen molar-refractivity contribution in [3.63, 3.8) is 0 Å². The van der Waals surface area contributed by atoms with Crippen molar-refractivity contribution in [3.05, 3.63) is 42.4 Å². The molecule has 1 aliphatic heterocycles. The lowest BCUT2D eigenvalue weighted by Crippen LogP contribution is -2.47. The Morgan fingerprint density at radius 3 is 3.00 bits per heavy atom. The number of carbonyl (C=O) groups excluding carboxylic acids is 2. The summed E-state index contributed by atoms with van der Waals surface area (Å²) in [6.45, 7) is 1.41. The fraction of sp³-hybridized carbons (Fsp3) is 0.375. The smallest absolute Gasteiger partial charge is 0.314 e. The SMILES string of the molecule is NC(=O)N1CCC[C@@H](C(=O)NCc2ccnc(-n3cccn3)c2)C1. The fourth-order valence-corrected chi connectivity index (χ4v) is 2.82. The monoisotopic (exact) mass is 328 g/mol. The predicted octanol–water partition coefficient (Wildman–Crippen LogP) is 0.674. The summed E-state index contributed by atoms with van der Waals surface area (Å²) >= 11 is 0. The molecule has 0 radical (unpaired) electrons. The van der Waals surface area contributed by atoms with E-state index in [1.807, 2.05) is 24.4 Å². The van der Waals surface area contributed by atoms with Crippen LogP contribution in [0.2, 0.25) is 0 Å². The van der Waals surface area contributed by atoms with Gasteiger partial charge in [-0.1, -0.05) is 0 Å². The van der Waals surface area contributed by atoms with Crippen LogP contribution in [0, 0.1) is 5.92 Å². The van der Waals surface area contributed by atoms with Crippen LogP contribution in [0.25, 0.3) is 5.82 Å². The van der Waals surface area contributed by atoms with E-state index in [1.165, 1.54) is 4.90 Å². The molecule has 0 saturated carbocycles. The molecule has 126 valence electrons. The molecule has 8 nitrogen and oxygen atoms in total. The van der Waals surface area contributed by atoms with E-state index in [2.05, 4.69) is 15.4 Å². The van der Waals surface area contributed by atoms with Gasteiger partial charge in [-0.15, -0.1) is 0 Å². The van der Waals surface area contributed by atoms with E-state index in [1.54, 1.807) is 17.1 Å². The van der Waals surface area contributed by atoms with E-state index in [4.69, 9.17) is 5.73 Å². The highest BCUT2D eigenvalue weighted by Crippen LogP contribution is 2.16. The van der Waals surface area contributed by atoms with E-state index >= 15 is 0 Å². The Labute approximate surface area is 139 Å². The third-order valence-electron chi connectivity index (χ3n) is 4.12. The highest BCUT2D eigenvalue weighted by Gasteiger charge is 2.27. The number of nitrogens with two attached hydrogens (primary N) is 1. The van der Waals surface area contributed by atoms with Gasteiger partial charge >= 0.3 is 6.03 Å². The van der Waals surface area contributed by atoms with Crippen LogP contribution in [-0.2, 0) is 11.3 Å². The van der Waals surface area contributed by atoms with Crippen LogP contribution >= 0.6 is 0 Å². The number of rotatable bonds is 4. The minimum Gasteiger partial charge on any atom is -0.352 e. The van der Waals surface area contributed by atoms with Gasteiger partial charge in [0.2, 0.25) is 5.91 Å². The summed E-state index contributed by atoms with van der Waals surface area (Å²) in [5.41, 5.74) is 6.23. The lowest BCUT2D eigenvalue weighted by Gasteiger charge is -2.30. The van der Waals surface area contributed by atoms with Gasteiger partial charge in [-0.3, -0.25) is 4.79 Å². The van der Waals surface area contributed by atoms with Crippen molar-refractivity contribution >= 4 is 11.9 Å². The van der Waals surface area contributed by atoms with Crippen LogP contribution < -0.4 is 11.1 Å². The van der Waals surface area contributed by atoms with Gasteiger partial charge in [0.05, 0.1) is 5.92 Å². The second-order valence-electron chi connectivity index (χ2n) is 5.81. The molecule has 3 heterocycles. The van der Waals surface area contributed by atoms with Crippen LogP contribution in [0.5, 0.6) is 0 Å². The Hall–Kier alpha value is -2.90. The van der Waals surface area contributed by atoms with Crippen molar-refractivity contribution < 1.29 is 9.59 Å². The zero-order valence-corrected chi connectivity index (χ0v) is 13.3. The van der Waals surface area contributed by atoms with E-state index < -0.39 is 6.03 Å². The van der Waals surface area contributed by atoms with Gasteiger partial charge in [0.15, 0.2) is 5.82 Å². The van der Waals surface area contributed by atoms with Crippen molar-refractivity contribution in [2.75, 3.05) is 13.1 Å². The highest BCUT2D eigenvalue weighted by atomic mass is 16.2. The van der Waals surface area contributed by atoms with Gasteiger partial charge in [-0.2, -0.15) is 5.10 Å². The number of urea groups is 1. The molecule has 0 bridgehead atoms. The Morgan fingerprint density at radius 1 is 1.38 bits per heavy atom. The van der Waals surface area contributed by atoms with Crippen LogP contribution in [0.15, 0.2) is 36.8 Å². The lowest BCUT2D eigenvalue weighted by atomic mass is 9.97. The number of likely N-dealkylation sites (tertiary alicyclic amines) is 1. The maximum Gasteiger partial charge on any atom is 0.314 e. The van der Waals surface area contributed by atoms with Crippen molar-refractivity contribution in [1.29, 1.82) is 0 Å². The number of hydrogen-bond donors (Lipinski definition) is 2. The van der Waals surface area contributed by atoms with Crippen LogP contribution in [-0.4, -0.2) is 44.7 Å². The first-order valence-corrected chi connectivity index (χ1v) is 7.90. The van der Waals surface area contributed by atoms with Gasteiger partial charge in [0.1, 0.15) is 0 Å². The number of pyridine rings is 1. The minimum absolute atomic E-state index is 0.0570. The number of hydrogen-bond acceptors (Lipinski definition) is 4. The maximum atomic E-state index is 12.3. The van der Waals surface area contributed by atoms with Gasteiger partial charge in [-0.25, -0.2) is 14.5 Å². The molecule has 1 atom stereocenters. The van der Waals surface area contributed by atoms with Crippen molar-refractivity contribution in [2.24, 2.45) is 11.7 Å². The normalized spacial score (nSPS) is 17.5. The van der Waals surface area contributed by atoms with Crippen LogP contribution in [0.4, 0.5) is 4.79 Å². The number of primary amides is 1. The highest BCUT2D eigenvalue weighted by molar-refractivity contribution is 5.80. The summed E-state index contributed by atoms with van der Waals surface area (Å²) in [7, 11) is 0. The number of nitrogens with one attached hydrogen (secondary N) is 1. The minimum atomic E-state index is -0.467. The third-order valence-corrected chi connectivity index (χ3v) is 4.12. The average molecular weight is 328 g/mol. The number of amides is 3. The Balaban J connectivity index is 1.58. The molecule has 0 aromatic carbocycles. The van der Waals surface area contributed by atoms with E-state index in [0.717, 1.165) is 18.4 Å². The van der Waals surface area contributed by atoms with E-state index in [-0.39, 0.29) is 11.8 Å². The van der Waals surface area contributed by atoms with Crippen LogP contribution in [0.3, 0.4) is 0 Å². The van der Waals surface area contributed by atoms with Crippen LogP contribution in [0.1, 0.15) is 18.4 Å². The summed E-state index contributed by atoms with van der Waals surface area (Å²) in [4.78, 5) is 29.4. The molecule has 0 spiro atoms. The fourth-order valence-electron chi connectivity index (χ4n) is 2.82. The maximum absolute atomic E-state index is 12.3. The molecule has 2 aromatic rings. The number of piperidine rings is 1. The summed E-state index contributed by atoms with van der Waals surface area (Å²) < 4.78 is 1.66. The molecule has 1 aliphatic rings. The van der Waals surface area contributed by atoms with E-state index in [9.17, 15) is 9.59 Å². The molecule has 0 aliphatic carbocycles. The Bertz CT molecular complexity index is 715. The van der Waals surface area contributed by atoms with E-state index in [0.29, 0.717) is 25.5 Å². The first-order valence-electron chi connectivity index (χ1n) is 7.90. The zero-order valence-electron chi connectivity index (χ0n) is 13.3. The van der Waals surface area contributed by atoms with Gasteiger partial charge in [0, 0.05) is 38.2 Å².